The van der Waals surface area contributed by atoms with Crippen molar-refractivity contribution in [2.75, 3.05) is 5.32 Å². The fraction of sp³-hybridized carbons (Fsp3) is 0.600. The van der Waals surface area contributed by atoms with Crippen LogP contribution in [0.2, 0.25) is 0 Å². The van der Waals surface area contributed by atoms with E-state index in [4.69, 9.17) is 5.11 Å². The molecule has 1 aromatic rings. The third-order valence-corrected chi connectivity index (χ3v) is 2.89. The molecule has 0 aliphatic carbocycles. The van der Waals surface area contributed by atoms with Gasteiger partial charge in [0.1, 0.15) is 5.01 Å². The smallest absolute Gasteiger partial charge is 0.321 e. The second-order valence-corrected chi connectivity index (χ2v) is 4.99. The predicted octanol–water partition coefficient (Wildman–Crippen LogP) is 1.61. The molecule has 0 fully saturated rings. The van der Waals surface area contributed by atoms with E-state index in [2.05, 4.69) is 20.8 Å². The van der Waals surface area contributed by atoms with Crippen molar-refractivity contribution in [3.63, 3.8) is 0 Å². The lowest BCUT2D eigenvalue weighted by molar-refractivity contribution is -0.137. The summed E-state index contributed by atoms with van der Waals surface area (Å²) in [5.41, 5.74) is 0. The Labute approximate surface area is 109 Å². The Morgan fingerprint density at radius 2 is 2.17 bits per heavy atom. The molecule has 0 saturated heterocycles. The SMILES string of the molecule is CCCC(CC(=O)O)NC(=O)Nc1nnc(C)s1. The standard InChI is InChI=1S/C10H16N4O3S/c1-3-4-7(5-8(15)16)11-9(17)12-10-14-13-6(2)18-10/h7H,3-5H2,1-2H3,(H,15,16)(H2,11,12,14,17). The first kappa shape index (κ1) is 14.4. The summed E-state index contributed by atoms with van der Waals surface area (Å²) in [7, 11) is 0. The molecule has 0 saturated carbocycles. The Kier molecular flexibility index (Phi) is 5.50. The van der Waals surface area contributed by atoms with Gasteiger partial charge in [0.15, 0.2) is 0 Å². The zero-order valence-electron chi connectivity index (χ0n) is 10.3. The van der Waals surface area contributed by atoms with E-state index in [1.807, 2.05) is 6.92 Å². The fourth-order valence-electron chi connectivity index (χ4n) is 1.45. The summed E-state index contributed by atoms with van der Waals surface area (Å²) >= 11 is 1.26. The first-order chi connectivity index (χ1) is 8.51. The molecule has 0 aliphatic heterocycles. The Morgan fingerprint density at radius 3 is 2.67 bits per heavy atom. The summed E-state index contributed by atoms with van der Waals surface area (Å²) in [5.74, 6) is -0.930. The number of carbonyl (C=O) groups excluding carboxylic acids is 1. The second-order valence-electron chi connectivity index (χ2n) is 3.81. The van der Waals surface area contributed by atoms with E-state index < -0.39 is 12.0 Å². The zero-order chi connectivity index (χ0) is 13.5. The Morgan fingerprint density at radius 1 is 1.44 bits per heavy atom. The van der Waals surface area contributed by atoms with E-state index in [1.165, 1.54) is 11.3 Å². The third kappa shape index (κ3) is 5.09. The molecule has 7 nitrogen and oxygen atoms in total. The number of carboxylic acid groups (broad SMARTS) is 1. The van der Waals surface area contributed by atoms with Crippen LogP contribution >= 0.6 is 11.3 Å². The topological polar surface area (TPSA) is 104 Å². The molecule has 18 heavy (non-hydrogen) atoms. The number of nitrogens with zero attached hydrogens (tertiary/aromatic N) is 2. The van der Waals surface area contributed by atoms with Crippen molar-refractivity contribution in [2.45, 2.75) is 39.2 Å². The maximum atomic E-state index is 11.6. The highest BCUT2D eigenvalue weighted by molar-refractivity contribution is 7.15. The van der Waals surface area contributed by atoms with Gasteiger partial charge in [-0.2, -0.15) is 0 Å². The predicted molar refractivity (Wildman–Crippen MR) is 67.7 cm³/mol. The number of urea groups is 1. The van der Waals surface area contributed by atoms with Crippen molar-refractivity contribution < 1.29 is 14.7 Å². The summed E-state index contributed by atoms with van der Waals surface area (Å²) < 4.78 is 0. The van der Waals surface area contributed by atoms with Gasteiger partial charge >= 0.3 is 12.0 Å². The van der Waals surface area contributed by atoms with Crippen LogP contribution in [0.3, 0.4) is 0 Å². The van der Waals surface area contributed by atoms with Crippen LogP contribution in [-0.4, -0.2) is 33.3 Å². The minimum absolute atomic E-state index is 0.0869. The molecular formula is C10H16N4O3S. The number of aliphatic carboxylic acids is 1. The average molecular weight is 272 g/mol. The summed E-state index contributed by atoms with van der Waals surface area (Å²) in [4.78, 5) is 22.2. The monoisotopic (exact) mass is 272 g/mol. The van der Waals surface area contributed by atoms with Gasteiger partial charge in [-0.25, -0.2) is 4.79 Å². The summed E-state index contributed by atoms with van der Waals surface area (Å²) in [6, 6.07) is -0.827. The van der Waals surface area contributed by atoms with Crippen LogP contribution in [0.1, 0.15) is 31.2 Å². The van der Waals surface area contributed by atoms with E-state index in [0.717, 1.165) is 11.4 Å². The maximum Gasteiger partial charge on any atom is 0.321 e. The fourth-order valence-corrected chi connectivity index (χ4v) is 2.04. The van der Waals surface area contributed by atoms with Crippen LogP contribution in [0.5, 0.6) is 0 Å². The molecule has 0 aliphatic rings. The minimum Gasteiger partial charge on any atom is -0.481 e. The highest BCUT2D eigenvalue weighted by atomic mass is 32.1. The van der Waals surface area contributed by atoms with Crippen LogP contribution in [0.25, 0.3) is 0 Å². The van der Waals surface area contributed by atoms with Crippen LogP contribution in [0.15, 0.2) is 0 Å². The molecule has 8 heteroatoms. The normalized spacial score (nSPS) is 11.9. The van der Waals surface area contributed by atoms with Crippen molar-refractivity contribution in [1.82, 2.24) is 15.5 Å². The molecule has 1 aromatic heterocycles. The second kappa shape index (κ2) is 6.90. The summed E-state index contributed by atoms with van der Waals surface area (Å²) in [6.07, 6.45) is 1.33. The minimum atomic E-state index is -0.930. The molecule has 3 N–H and O–H groups in total. The Bertz CT molecular complexity index is 421. The Balaban J connectivity index is 2.47. The first-order valence-corrected chi connectivity index (χ1v) is 6.42. The highest BCUT2D eigenvalue weighted by Crippen LogP contribution is 2.13. The number of nitrogens with one attached hydrogen (secondary N) is 2. The average Bonchev–Trinajstić information content (AvgIpc) is 2.62. The number of anilines is 1. The molecule has 0 bridgehead atoms. The number of hydrogen-bond acceptors (Lipinski definition) is 5. The zero-order valence-corrected chi connectivity index (χ0v) is 11.1. The highest BCUT2D eigenvalue weighted by Gasteiger charge is 2.15. The van der Waals surface area contributed by atoms with Gasteiger partial charge in [-0.15, -0.1) is 10.2 Å². The van der Waals surface area contributed by atoms with Gasteiger partial charge in [0.2, 0.25) is 5.13 Å². The third-order valence-electron chi connectivity index (χ3n) is 2.14. The molecule has 1 atom stereocenters. The molecule has 0 spiro atoms. The van der Waals surface area contributed by atoms with E-state index >= 15 is 0 Å². The molecule has 0 radical (unpaired) electrons. The molecule has 1 rings (SSSR count). The van der Waals surface area contributed by atoms with Gasteiger partial charge in [-0.05, 0) is 13.3 Å². The number of rotatable bonds is 6. The van der Waals surface area contributed by atoms with Gasteiger partial charge in [-0.1, -0.05) is 24.7 Å². The van der Waals surface area contributed by atoms with Gasteiger partial charge in [0.25, 0.3) is 0 Å². The van der Waals surface area contributed by atoms with Crippen LogP contribution in [0.4, 0.5) is 9.93 Å². The summed E-state index contributed by atoms with van der Waals surface area (Å²) in [5, 5.41) is 22.5. The van der Waals surface area contributed by atoms with E-state index in [1.54, 1.807) is 6.92 Å². The van der Waals surface area contributed by atoms with Crippen molar-refractivity contribution in [3.05, 3.63) is 5.01 Å². The Hall–Kier alpha value is -1.70. The van der Waals surface area contributed by atoms with Crippen molar-refractivity contribution >= 4 is 28.5 Å². The van der Waals surface area contributed by atoms with E-state index in [0.29, 0.717) is 11.6 Å². The largest absolute Gasteiger partial charge is 0.481 e. The van der Waals surface area contributed by atoms with Gasteiger partial charge < -0.3 is 10.4 Å². The number of hydrogen-bond donors (Lipinski definition) is 3. The lowest BCUT2D eigenvalue weighted by Gasteiger charge is -2.15. The molecule has 1 heterocycles. The van der Waals surface area contributed by atoms with E-state index in [9.17, 15) is 9.59 Å². The molecule has 0 aromatic carbocycles. The van der Waals surface area contributed by atoms with Gasteiger partial charge in [-0.3, -0.25) is 10.1 Å². The van der Waals surface area contributed by atoms with Crippen LogP contribution < -0.4 is 10.6 Å². The molecular weight excluding hydrogens is 256 g/mol. The lowest BCUT2D eigenvalue weighted by atomic mass is 10.1. The molecule has 100 valence electrons. The van der Waals surface area contributed by atoms with Gasteiger partial charge in [0.05, 0.1) is 6.42 Å². The van der Waals surface area contributed by atoms with Crippen LogP contribution in [0, 0.1) is 6.92 Å². The molecule has 2 amide bonds. The van der Waals surface area contributed by atoms with Crippen LogP contribution in [-0.2, 0) is 4.79 Å². The summed E-state index contributed by atoms with van der Waals surface area (Å²) in [6.45, 7) is 3.72. The van der Waals surface area contributed by atoms with Crippen molar-refractivity contribution in [2.24, 2.45) is 0 Å². The molecule has 1 unspecified atom stereocenters. The number of aromatic nitrogens is 2. The van der Waals surface area contributed by atoms with Crippen molar-refractivity contribution in [1.29, 1.82) is 0 Å². The van der Waals surface area contributed by atoms with Gasteiger partial charge in [0, 0.05) is 6.04 Å². The van der Waals surface area contributed by atoms with Crippen molar-refractivity contribution in [3.8, 4) is 0 Å². The lowest BCUT2D eigenvalue weighted by Crippen LogP contribution is -2.39. The number of carboxylic acids is 1. The number of carbonyl (C=O) groups is 2. The quantitative estimate of drug-likeness (QED) is 0.729. The first-order valence-electron chi connectivity index (χ1n) is 5.60. The number of amides is 2. The number of aryl methyl sites for hydroxylation is 1. The maximum absolute atomic E-state index is 11.6. The van der Waals surface area contributed by atoms with E-state index in [-0.39, 0.29) is 12.5 Å².